The zero-order valence-electron chi connectivity index (χ0n) is 12.0. The van der Waals surface area contributed by atoms with E-state index in [-0.39, 0.29) is 11.8 Å². The molecule has 0 aromatic heterocycles. The summed E-state index contributed by atoms with van der Waals surface area (Å²) in [7, 11) is 0. The van der Waals surface area contributed by atoms with E-state index in [0.29, 0.717) is 5.69 Å². The largest absolute Gasteiger partial charge is 0.473 e. The maximum absolute atomic E-state index is 13.0. The first-order valence-corrected chi connectivity index (χ1v) is 7.18. The molecule has 0 heterocycles. The van der Waals surface area contributed by atoms with Gasteiger partial charge in [-0.3, -0.25) is 0 Å². The van der Waals surface area contributed by atoms with Crippen molar-refractivity contribution in [2.45, 2.75) is 13.3 Å². The minimum Gasteiger partial charge on any atom is -0.473 e. The van der Waals surface area contributed by atoms with Crippen LogP contribution in [0.5, 0.6) is 5.75 Å². The predicted molar refractivity (Wildman–Crippen MR) is 84.9 cm³/mol. The number of urea groups is 1. The smallest absolute Gasteiger partial charge is 0.321 e. The van der Waals surface area contributed by atoms with E-state index in [1.807, 2.05) is 31.2 Å². The molecule has 0 bridgehead atoms. The van der Waals surface area contributed by atoms with Crippen LogP contribution in [0.1, 0.15) is 12.5 Å². The number of halogens is 2. The fourth-order valence-corrected chi connectivity index (χ4v) is 2.05. The lowest BCUT2D eigenvalue weighted by Crippen LogP contribution is -2.32. The first kappa shape index (κ1) is 16.1. The van der Waals surface area contributed by atoms with Crippen molar-refractivity contribution in [2.24, 2.45) is 0 Å². The molecule has 4 nitrogen and oxygen atoms in total. The highest BCUT2D eigenvalue weighted by molar-refractivity contribution is 6.31. The Hall–Kier alpha value is -2.27. The number of amides is 2. The number of carbonyl (C=O) groups is 1. The molecular formula is C16H16ClFN2O2. The molecule has 0 aliphatic carbocycles. The molecule has 0 saturated carbocycles. The molecule has 2 N–H and O–H groups in total. The minimum atomic E-state index is -0.535. The summed E-state index contributed by atoms with van der Waals surface area (Å²) in [6.07, 6.45) is 0.844. The standard InChI is InChI=1S/C16H16ClFN2O2/c1-2-11-5-3-4-6-15(11)22-10-19-16(21)20-12-7-8-14(18)13(17)9-12/h3-9H,2,10H2,1H3,(H2,19,20,21). The number of rotatable bonds is 5. The highest BCUT2D eigenvalue weighted by Crippen LogP contribution is 2.19. The molecule has 2 aromatic carbocycles. The van der Waals surface area contributed by atoms with Gasteiger partial charge in [0.05, 0.1) is 5.02 Å². The Morgan fingerprint density at radius 2 is 2.05 bits per heavy atom. The lowest BCUT2D eigenvalue weighted by Gasteiger charge is -2.12. The van der Waals surface area contributed by atoms with Crippen LogP contribution in [0.2, 0.25) is 5.02 Å². The van der Waals surface area contributed by atoms with E-state index in [1.165, 1.54) is 18.2 Å². The van der Waals surface area contributed by atoms with Gasteiger partial charge in [-0.2, -0.15) is 0 Å². The minimum absolute atomic E-state index is 0.0256. The third-order valence-electron chi connectivity index (χ3n) is 2.99. The molecule has 0 unspecified atom stereocenters. The van der Waals surface area contributed by atoms with Crippen molar-refractivity contribution in [3.05, 3.63) is 58.9 Å². The predicted octanol–water partition coefficient (Wildman–Crippen LogP) is 4.20. The second-order valence-electron chi connectivity index (χ2n) is 4.51. The Balaban J connectivity index is 1.84. The Bertz CT molecular complexity index is 664. The van der Waals surface area contributed by atoms with Crippen molar-refractivity contribution in [3.63, 3.8) is 0 Å². The van der Waals surface area contributed by atoms with Crippen molar-refractivity contribution in [1.82, 2.24) is 5.32 Å². The lowest BCUT2D eigenvalue weighted by molar-refractivity contribution is 0.234. The fraction of sp³-hybridized carbons (Fsp3) is 0.188. The van der Waals surface area contributed by atoms with Crippen LogP contribution in [0.15, 0.2) is 42.5 Å². The highest BCUT2D eigenvalue weighted by atomic mass is 35.5. The van der Waals surface area contributed by atoms with Gasteiger partial charge in [0.15, 0.2) is 6.73 Å². The number of carbonyl (C=O) groups excluding carboxylic acids is 1. The number of nitrogens with one attached hydrogen (secondary N) is 2. The molecule has 6 heteroatoms. The maximum Gasteiger partial charge on any atom is 0.321 e. The molecule has 2 rings (SSSR count). The third-order valence-corrected chi connectivity index (χ3v) is 3.28. The molecule has 0 aliphatic heterocycles. The highest BCUT2D eigenvalue weighted by Gasteiger charge is 2.05. The topological polar surface area (TPSA) is 50.4 Å². The summed E-state index contributed by atoms with van der Waals surface area (Å²) in [5.74, 6) is 0.197. The van der Waals surface area contributed by atoms with Gasteiger partial charge in [0.1, 0.15) is 11.6 Å². The SMILES string of the molecule is CCc1ccccc1OCNC(=O)Nc1ccc(F)c(Cl)c1. The van der Waals surface area contributed by atoms with Crippen molar-refractivity contribution in [2.75, 3.05) is 12.0 Å². The van der Waals surface area contributed by atoms with Gasteiger partial charge in [0, 0.05) is 5.69 Å². The van der Waals surface area contributed by atoms with Gasteiger partial charge in [-0.25, -0.2) is 9.18 Å². The normalized spacial score (nSPS) is 10.1. The fourth-order valence-electron chi connectivity index (χ4n) is 1.87. The van der Waals surface area contributed by atoms with Gasteiger partial charge >= 0.3 is 6.03 Å². The summed E-state index contributed by atoms with van der Waals surface area (Å²) < 4.78 is 18.5. The Morgan fingerprint density at radius 3 is 2.77 bits per heavy atom. The summed E-state index contributed by atoms with van der Waals surface area (Å²) in [5.41, 5.74) is 1.47. The number of anilines is 1. The monoisotopic (exact) mass is 322 g/mol. The molecule has 2 aromatic rings. The second-order valence-corrected chi connectivity index (χ2v) is 4.92. The zero-order valence-corrected chi connectivity index (χ0v) is 12.8. The molecule has 22 heavy (non-hydrogen) atoms. The first-order chi connectivity index (χ1) is 10.6. The summed E-state index contributed by atoms with van der Waals surface area (Å²) in [5, 5.41) is 5.05. The maximum atomic E-state index is 13.0. The van der Waals surface area contributed by atoms with E-state index in [9.17, 15) is 9.18 Å². The van der Waals surface area contributed by atoms with Crippen LogP contribution in [0.25, 0.3) is 0 Å². The number of benzene rings is 2. The Kier molecular flexibility index (Phi) is 5.61. The van der Waals surface area contributed by atoms with Gasteiger partial charge in [-0.15, -0.1) is 0 Å². The number of ether oxygens (including phenoxy) is 1. The molecular weight excluding hydrogens is 307 g/mol. The van der Waals surface area contributed by atoms with Crippen LogP contribution in [-0.4, -0.2) is 12.8 Å². The van der Waals surface area contributed by atoms with Crippen LogP contribution in [-0.2, 0) is 6.42 Å². The quantitative estimate of drug-likeness (QED) is 0.811. The number of hydrogen-bond donors (Lipinski definition) is 2. The zero-order chi connectivity index (χ0) is 15.9. The average molecular weight is 323 g/mol. The van der Waals surface area contributed by atoms with E-state index < -0.39 is 11.8 Å². The molecule has 0 radical (unpaired) electrons. The van der Waals surface area contributed by atoms with Crippen LogP contribution in [0.3, 0.4) is 0 Å². The van der Waals surface area contributed by atoms with E-state index in [1.54, 1.807) is 0 Å². The Morgan fingerprint density at radius 1 is 1.27 bits per heavy atom. The second kappa shape index (κ2) is 7.66. The molecule has 0 fully saturated rings. The third kappa shape index (κ3) is 4.36. The van der Waals surface area contributed by atoms with E-state index >= 15 is 0 Å². The van der Waals surface area contributed by atoms with Gasteiger partial charge in [0.2, 0.25) is 0 Å². The van der Waals surface area contributed by atoms with E-state index in [4.69, 9.17) is 16.3 Å². The number of para-hydroxylation sites is 1. The number of aryl methyl sites for hydroxylation is 1. The summed E-state index contributed by atoms with van der Waals surface area (Å²) >= 11 is 5.64. The van der Waals surface area contributed by atoms with Gasteiger partial charge in [-0.1, -0.05) is 36.7 Å². The van der Waals surface area contributed by atoms with Crippen LogP contribution < -0.4 is 15.4 Å². The van der Waals surface area contributed by atoms with Gasteiger partial charge in [-0.05, 0) is 36.2 Å². The molecule has 2 amide bonds. The first-order valence-electron chi connectivity index (χ1n) is 6.80. The van der Waals surface area contributed by atoms with Gasteiger partial charge in [0.25, 0.3) is 0 Å². The van der Waals surface area contributed by atoms with E-state index in [2.05, 4.69) is 10.6 Å². The number of hydrogen-bond acceptors (Lipinski definition) is 2. The van der Waals surface area contributed by atoms with Crippen LogP contribution >= 0.6 is 11.6 Å². The van der Waals surface area contributed by atoms with E-state index in [0.717, 1.165) is 17.7 Å². The summed E-state index contributed by atoms with van der Waals surface area (Å²) in [6.45, 7) is 2.05. The average Bonchev–Trinajstić information content (AvgIpc) is 2.51. The Labute approximate surface area is 133 Å². The van der Waals surface area contributed by atoms with Crippen LogP contribution in [0, 0.1) is 5.82 Å². The lowest BCUT2D eigenvalue weighted by atomic mass is 10.1. The van der Waals surface area contributed by atoms with Crippen molar-refractivity contribution >= 4 is 23.3 Å². The molecule has 0 saturated heterocycles. The molecule has 0 aliphatic rings. The van der Waals surface area contributed by atoms with Gasteiger partial charge < -0.3 is 15.4 Å². The molecule has 0 atom stereocenters. The van der Waals surface area contributed by atoms with Crippen molar-refractivity contribution in [1.29, 1.82) is 0 Å². The van der Waals surface area contributed by atoms with Crippen molar-refractivity contribution in [3.8, 4) is 5.75 Å². The van der Waals surface area contributed by atoms with Crippen LogP contribution in [0.4, 0.5) is 14.9 Å². The molecule has 0 spiro atoms. The summed E-state index contributed by atoms with van der Waals surface area (Å²) in [4.78, 5) is 11.7. The summed E-state index contributed by atoms with van der Waals surface area (Å²) in [6, 6.07) is 11.1. The molecule has 116 valence electrons. The van der Waals surface area contributed by atoms with Crippen molar-refractivity contribution < 1.29 is 13.9 Å².